The van der Waals surface area contributed by atoms with E-state index in [1.807, 2.05) is 17.7 Å². The van der Waals surface area contributed by atoms with Crippen LogP contribution in [0.3, 0.4) is 0 Å². The minimum Gasteiger partial charge on any atom is -0.302 e. The quantitative estimate of drug-likeness (QED) is 0.709. The summed E-state index contributed by atoms with van der Waals surface area (Å²) >= 11 is 0. The van der Waals surface area contributed by atoms with Gasteiger partial charge >= 0.3 is 5.69 Å². The Morgan fingerprint density at radius 3 is 2.14 bits per heavy atom. The van der Waals surface area contributed by atoms with Crippen LogP contribution < -0.4 is 5.69 Å². The lowest BCUT2D eigenvalue weighted by Gasteiger charge is -2.31. The third-order valence-electron chi connectivity index (χ3n) is 3.22. The van der Waals surface area contributed by atoms with Crippen LogP contribution in [0.1, 0.15) is 33.4 Å². The van der Waals surface area contributed by atoms with Crippen molar-refractivity contribution in [3.05, 3.63) is 22.4 Å². The number of rotatable bonds is 2. The molecule has 0 unspecified atom stereocenters. The molecule has 80 valence electrons. The van der Waals surface area contributed by atoms with Gasteiger partial charge in [-0.1, -0.05) is 13.8 Å². The first-order chi connectivity index (χ1) is 6.28. The summed E-state index contributed by atoms with van der Waals surface area (Å²) in [5, 5.41) is 0. The van der Waals surface area contributed by atoms with Crippen molar-refractivity contribution in [2.75, 3.05) is 0 Å². The smallest absolute Gasteiger partial charge is 0.302 e. The van der Waals surface area contributed by atoms with E-state index in [1.165, 1.54) is 0 Å². The zero-order valence-corrected chi connectivity index (χ0v) is 9.96. The summed E-state index contributed by atoms with van der Waals surface area (Å²) < 4.78 is 3.51. The molecule has 0 atom stereocenters. The molecular weight excluding hydrogens is 176 g/mol. The van der Waals surface area contributed by atoms with Crippen LogP contribution in [-0.2, 0) is 12.6 Å². The van der Waals surface area contributed by atoms with Gasteiger partial charge < -0.3 is 4.57 Å². The van der Waals surface area contributed by atoms with Crippen LogP contribution in [0.4, 0.5) is 0 Å². The number of imidazole rings is 1. The third-order valence-corrected chi connectivity index (χ3v) is 3.22. The molecule has 0 aliphatic heterocycles. The van der Waals surface area contributed by atoms with E-state index < -0.39 is 0 Å². The zero-order chi connectivity index (χ0) is 11.1. The van der Waals surface area contributed by atoms with E-state index in [1.54, 1.807) is 11.6 Å². The van der Waals surface area contributed by atoms with Crippen molar-refractivity contribution in [2.24, 2.45) is 13.0 Å². The molecule has 1 heterocycles. The largest absolute Gasteiger partial charge is 0.328 e. The third kappa shape index (κ3) is 1.51. The molecular formula is C11H20N2O. The summed E-state index contributed by atoms with van der Waals surface area (Å²) in [5.74, 6) is 0.432. The van der Waals surface area contributed by atoms with Crippen molar-refractivity contribution in [1.82, 2.24) is 9.13 Å². The van der Waals surface area contributed by atoms with Crippen LogP contribution in [0.15, 0.2) is 11.0 Å². The normalized spacial score (nSPS) is 12.5. The molecule has 0 saturated heterocycles. The average Bonchev–Trinajstić information content (AvgIpc) is 2.26. The van der Waals surface area contributed by atoms with Crippen LogP contribution in [-0.4, -0.2) is 9.13 Å². The Kier molecular flexibility index (Phi) is 2.61. The van der Waals surface area contributed by atoms with Gasteiger partial charge in [0.15, 0.2) is 0 Å². The second-order valence-corrected chi connectivity index (χ2v) is 4.81. The van der Waals surface area contributed by atoms with Gasteiger partial charge in [-0.15, -0.1) is 0 Å². The minimum absolute atomic E-state index is 0.0706. The molecule has 3 nitrogen and oxygen atoms in total. The van der Waals surface area contributed by atoms with Gasteiger partial charge in [-0.25, -0.2) is 4.79 Å². The summed E-state index contributed by atoms with van der Waals surface area (Å²) in [6.45, 7) is 10.5. The standard InChI is InChI=1S/C11H20N2O/c1-8(2)11(4,5)13-9(3)7-12(6)10(13)14/h7-8H,1-6H3. The highest BCUT2D eigenvalue weighted by atomic mass is 16.1. The minimum atomic E-state index is -0.123. The van der Waals surface area contributed by atoms with Gasteiger partial charge in [0.2, 0.25) is 0 Å². The van der Waals surface area contributed by atoms with Gasteiger partial charge in [0, 0.05) is 24.5 Å². The highest BCUT2D eigenvalue weighted by Crippen LogP contribution is 2.24. The van der Waals surface area contributed by atoms with Crippen LogP contribution >= 0.6 is 0 Å². The lowest BCUT2D eigenvalue weighted by Crippen LogP contribution is -2.41. The fraction of sp³-hybridized carbons (Fsp3) is 0.727. The van der Waals surface area contributed by atoms with Crippen molar-refractivity contribution in [2.45, 2.75) is 40.2 Å². The Hall–Kier alpha value is -0.990. The molecule has 0 aliphatic carbocycles. The molecule has 0 N–H and O–H groups in total. The second-order valence-electron chi connectivity index (χ2n) is 4.81. The zero-order valence-electron chi connectivity index (χ0n) is 9.96. The summed E-state index contributed by atoms with van der Waals surface area (Å²) in [4.78, 5) is 11.9. The van der Waals surface area contributed by atoms with Gasteiger partial charge in [-0.3, -0.25) is 4.57 Å². The molecule has 1 aromatic heterocycles. The lowest BCUT2D eigenvalue weighted by atomic mass is 9.90. The topological polar surface area (TPSA) is 26.9 Å². The van der Waals surface area contributed by atoms with E-state index in [0.717, 1.165) is 5.69 Å². The molecule has 0 bridgehead atoms. The summed E-state index contributed by atoms with van der Waals surface area (Å²) in [6.07, 6.45) is 1.88. The number of hydrogen-bond acceptors (Lipinski definition) is 1. The first-order valence-electron chi connectivity index (χ1n) is 5.04. The Labute approximate surface area is 85.4 Å². The van der Waals surface area contributed by atoms with E-state index in [4.69, 9.17) is 0 Å². The first-order valence-corrected chi connectivity index (χ1v) is 5.04. The molecule has 0 radical (unpaired) electrons. The van der Waals surface area contributed by atoms with E-state index in [-0.39, 0.29) is 11.2 Å². The number of hydrogen-bond donors (Lipinski definition) is 0. The van der Waals surface area contributed by atoms with E-state index >= 15 is 0 Å². The molecule has 0 aromatic carbocycles. The van der Waals surface area contributed by atoms with Crippen molar-refractivity contribution in [3.8, 4) is 0 Å². The maximum absolute atomic E-state index is 11.9. The van der Waals surface area contributed by atoms with Crippen molar-refractivity contribution >= 4 is 0 Å². The molecule has 0 saturated carbocycles. The average molecular weight is 196 g/mol. The Morgan fingerprint density at radius 1 is 1.36 bits per heavy atom. The fourth-order valence-corrected chi connectivity index (χ4v) is 1.66. The molecule has 0 amide bonds. The molecule has 3 heteroatoms. The van der Waals surface area contributed by atoms with Crippen LogP contribution in [0.25, 0.3) is 0 Å². The van der Waals surface area contributed by atoms with Gasteiger partial charge in [-0.05, 0) is 26.7 Å². The Morgan fingerprint density at radius 2 is 1.86 bits per heavy atom. The van der Waals surface area contributed by atoms with E-state index in [0.29, 0.717) is 5.92 Å². The van der Waals surface area contributed by atoms with Gasteiger partial charge in [-0.2, -0.15) is 0 Å². The molecule has 0 spiro atoms. The monoisotopic (exact) mass is 196 g/mol. The van der Waals surface area contributed by atoms with E-state index in [2.05, 4.69) is 27.7 Å². The number of aromatic nitrogens is 2. The molecule has 0 aliphatic rings. The van der Waals surface area contributed by atoms with Crippen LogP contribution in [0.2, 0.25) is 0 Å². The van der Waals surface area contributed by atoms with Crippen LogP contribution in [0.5, 0.6) is 0 Å². The molecule has 0 fully saturated rings. The van der Waals surface area contributed by atoms with Gasteiger partial charge in [0.25, 0.3) is 0 Å². The predicted molar refractivity (Wildman–Crippen MR) is 58.6 cm³/mol. The summed E-state index contributed by atoms with van der Waals surface area (Å²) in [7, 11) is 1.79. The number of nitrogens with zero attached hydrogens (tertiary/aromatic N) is 2. The summed E-state index contributed by atoms with van der Waals surface area (Å²) in [6, 6.07) is 0. The SMILES string of the molecule is Cc1cn(C)c(=O)n1C(C)(C)C(C)C. The predicted octanol–water partition coefficient (Wildman–Crippen LogP) is 1.89. The highest BCUT2D eigenvalue weighted by molar-refractivity contribution is 5.02. The lowest BCUT2D eigenvalue weighted by molar-refractivity contribution is 0.238. The van der Waals surface area contributed by atoms with Crippen molar-refractivity contribution in [1.29, 1.82) is 0 Å². The fourth-order valence-electron chi connectivity index (χ4n) is 1.66. The maximum Gasteiger partial charge on any atom is 0.328 e. The van der Waals surface area contributed by atoms with Gasteiger partial charge in [0.1, 0.15) is 0 Å². The van der Waals surface area contributed by atoms with Crippen molar-refractivity contribution in [3.63, 3.8) is 0 Å². The van der Waals surface area contributed by atoms with Gasteiger partial charge in [0.05, 0.1) is 0 Å². The Bertz CT molecular complexity index is 382. The highest BCUT2D eigenvalue weighted by Gasteiger charge is 2.28. The summed E-state index contributed by atoms with van der Waals surface area (Å²) in [5.41, 5.74) is 0.972. The molecule has 14 heavy (non-hydrogen) atoms. The Balaban J connectivity index is 3.39. The number of aryl methyl sites for hydroxylation is 2. The maximum atomic E-state index is 11.9. The first kappa shape index (κ1) is 11.1. The second kappa shape index (κ2) is 3.30. The van der Waals surface area contributed by atoms with Crippen LogP contribution in [0, 0.1) is 12.8 Å². The van der Waals surface area contributed by atoms with E-state index in [9.17, 15) is 4.79 Å². The van der Waals surface area contributed by atoms with Crippen molar-refractivity contribution < 1.29 is 0 Å². The molecule has 1 rings (SSSR count). The molecule has 1 aromatic rings.